The van der Waals surface area contributed by atoms with E-state index in [0.29, 0.717) is 0 Å². The molecule has 0 aliphatic carbocycles. The van der Waals surface area contributed by atoms with Crippen LogP contribution in [0.3, 0.4) is 0 Å². The molecule has 1 aromatic carbocycles. The number of amides is 1. The number of carbonyl (C=O) groups is 1. The molecule has 0 radical (unpaired) electrons. The largest absolute Gasteiger partial charge is 0.386 e. The predicted octanol–water partition coefficient (Wildman–Crippen LogP) is 1.50. The Balaban J connectivity index is 2.70. The molecule has 0 aliphatic heterocycles. The quantitative estimate of drug-likeness (QED) is 0.602. The van der Waals surface area contributed by atoms with E-state index in [1.54, 1.807) is 17.4 Å². The van der Waals surface area contributed by atoms with Crippen molar-refractivity contribution < 1.29 is 26.5 Å². The molecular formula is C9H8F2INO4S. The summed E-state index contributed by atoms with van der Waals surface area (Å²) in [6, 6.07) is 6.00. The summed E-state index contributed by atoms with van der Waals surface area (Å²) in [6.45, 7) is -1.49. The van der Waals surface area contributed by atoms with Gasteiger partial charge >= 0.3 is 15.4 Å². The van der Waals surface area contributed by atoms with Crippen LogP contribution in [0, 0.1) is 3.57 Å². The van der Waals surface area contributed by atoms with Crippen molar-refractivity contribution in [3.63, 3.8) is 0 Å². The van der Waals surface area contributed by atoms with Gasteiger partial charge in [-0.2, -0.15) is 17.2 Å². The smallest absolute Gasteiger partial charge is 0.345 e. The summed E-state index contributed by atoms with van der Waals surface area (Å²) < 4.78 is 55.3. The zero-order chi connectivity index (χ0) is 14.0. The first kappa shape index (κ1) is 15.2. The lowest BCUT2D eigenvalue weighted by Crippen LogP contribution is -2.41. The Morgan fingerprint density at radius 2 is 1.83 bits per heavy atom. The van der Waals surface area contributed by atoms with Crippen LogP contribution in [-0.4, -0.2) is 30.7 Å². The predicted molar refractivity (Wildman–Crippen MR) is 68.0 cm³/mol. The Morgan fingerprint density at radius 1 is 1.33 bits per heavy atom. The van der Waals surface area contributed by atoms with Crippen molar-refractivity contribution in [1.29, 1.82) is 0 Å². The number of halogens is 3. The normalized spacial score (nSPS) is 12.2. The summed E-state index contributed by atoms with van der Waals surface area (Å²) in [5, 5.41) is -2.68. The fraction of sp³-hybridized carbons (Fsp3) is 0.222. The van der Waals surface area contributed by atoms with Gasteiger partial charge in [-0.15, -0.1) is 0 Å². The summed E-state index contributed by atoms with van der Waals surface area (Å²) in [4.78, 5) is 11.4. The number of nitrogens with one attached hydrogen (secondary N) is 1. The molecule has 0 unspecified atom stereocenters. The third-order valence-electron chi connectivity index (χ3n) is 1.94. The maximum Gasteiger partial charge on any atom is 0.386 e. The highest BCUT2D eigenvalue weighted by molar-refractivity contribution is 14.1. The van der Waals surface area contributed by atoms with Crippen LogP contribution in [0.25, 0.3) is 0 Å². The molecule has 5 nitrogen and oxygen atoms in total. The lowest BCUT2D eigenvalue weighted by molar-refractivity contribution is 0.0699. The minimum absolute atomic E-state index is 0.113. The molecule has 0 spiro atoms. The molecule has 100 valence electrons. The van der Waals surface area contributed by atoms with Gasteiger partial charge in [-0.25, -0.2) is 0 Å². The first-order valence-electron chi connectivity index (χ1n) is 4.52. The fourth-order valence-electron chi connectivity index (χ4n) is 0.978. The van der Waals surface area contributed by atoms with Crippen molar-refractivity contribution in [3.05, 3.63) is 33.4 Å². The van der Waals surface area contributed by atoms with E-state index in [1.165, 1.54) is 12.1 Å². The van der Waals surface area contributed by atoms with Crippen molar-refractivity contribution in [3.8, 4) is 0 Å². The maximum absolute atomic E-state index is 12.8. The van der Waals surface area contributed by atoms with Crippen LogP contribution in [0.2, 0.25) is 0 Å². The number of hydrogen-bond donors (Lipinski definition) is 2. The molecule has 0 saturated carbocycles. The summed E-state index contributed by atoms with van der Waals surface area (Å²) >= 11 is 2.00. The van der Waals surface area contributed by atoms with Crippen LogP contribution >= 0.6 is 22.6 Å². The molecule has 0 aliphatic rings. The van der Waals surface area contributed by atoms with Gasteiger partial charge in [0.25, 0.3) is 5.91 Å². The fourth-order valence-corrected chi connectivity index (χ4v) is 1.59. The molecule has 18 heavy (non-hydrogen) atoms. The lowest BCUT2D eigenvalue weighted by atomic mass is 10.2. The van der Waals surface area contributed by atoms with Gasteiger partial charge in [0.05, 0.1) is 6.54 Å². The number of rotatable bonds is 4. The SMILES string of the molecule is O=C(NCC(F)(F)S(=O)(=O)O)c1ccc(I)cc1. The summed E-state index contributed by atoms with van der Waals surface area (Å²) in [7, 11) is -5.54. The van der Waals surface area contributed by atoms with E-state index in [-0.39, 0.29) is 5.56 Å². The molecule has 0 saturated heterocycles. The highest BCUT2D eigenvalue weighted by Gasteiger charge is 2.44. The number of carbonyl (C=O) groups excluding carboxylic acids is 1. The van der Waals surface area contributed by atoms with Gasteiger partial charge in [0.1, 0.15) is 0 Å². The molecule has 2 N–H and O–H groups in total. The van der Waals surface area contributed by atoms with Gasteiger partial charge in [0.2, 0.25) is 0 Å². The van der Waals surface area contributed by atoms with Gasteiger partial charge in [0, 0.05) is 9.13 Å². The third-order valence-corrected chi connectivity index (χ3v) is 3.56. The van der Waals surface area contributed by atoms with Gasteiger partial charge in [-0.3, -0.25) is 9.35 Å². The van der Waals surface area contributed by atoms with E-state index >= 15 is 0 Å². The van der Waals surface area contributed by atoms with Crippen molar-refractivity contribution in [1.82, 2.24) is 5.32 Å². The van der Waals surface area contributed by atoms with Crippen LogP contribution in [0.1, 0.15) is 10.4 Å². The molecular weight excluding hydrogens is 383 g/mol. The lowest BCUT2D eigenvalue weighted by Gasteiger charge is -2.13. The second-order valence-electron chi connectivity index (χ2n) is 3.30. The maximum atomic E-state index is 12.8. The Morgan fingerprint density at radius 3 is 2.28 bits per heavy atom. The van der Waals surface area contributed by atoms with E-state index < -0.39 is 27.8 Å². The number of benzene rings is 1. The number of hydrogen-bond acceptors (Lipinski definition) is 3. The summed E-state index contributed by atoms with van der Waals surface area (Å²) in [5.41, 5.74) is 0.113. The third kappa shape index (κ3) is 3.85. The second-order valence-corrected chi connectivity index (χ2v) is 6.10. The molecule has 1 aromatic rings. The zero-order valence-corrected chi connectivity index (χ0v) is 11.7. The molecule has 0 bridgehead atoms. The summed E-state index contributed by atoms with van der Waals surface area (Å²) in [5.74, 6) is -0.852. The Bertz CT molecular complexity index is 544. The average Bonchev–Trinajstić information content (AvgIpc) is 2.25. The Hall–Kier alpha value is -0.810. The second kappa shape index (κ2) is 5.45. The van der Waals surface area contributed by atoms with Crippen LogP contribution < -0.4 is 5.32 Å². The van der Waals surface area contributed by atoms with E-state index in [0.717, 1.165) is 3.57 Å². The van der Waals surface area contributed by atoms with Crippen LogP contribution in [0.4, 0.5) is 8.78 Å². The molecule has 0 heterocycles. The topological polar surface area (TPSA) is 83.5 Å². The van der Waals surface area contributed by atoms with E-state index in [1.807, 2.05) is 22.6 Å². The van der Waals surface area contributed by atoms with E-state index in [9.17, 15) is 22.0 Å². The van der Waals surface area contributed by atoms with Crippen molar-refractivity contribution >= 4 is 38.6 Å². The minimum Gasteiger partial charge on any atom is -0.345 e. The Kier molecular flexibility index (Phi) is 4.61. The van der Waals surface area contributed by atoms with Crippen LogP contribution in [-0.2, 0) is 10.1 Å². The van der Waals surface area contributed by atoms with Gasteiger partial charge < -0.3 is 5.32 Å². The van der Waals surface area contributed by atoms with Gasteiger partial charge in [-0.1, -0.05) is 0 Å². The van der Waals surface area contributed by atoms with Gasteiger partial charge in [-0.05, 0) is 46.9 Å². The van der Waals surface area contributed by atoms with Crippen LogP contribution in [0.15, 0.2) is 24.3 Å². The highest BCUT2D eigenvalue weighted by atomic mass is 127. The first-order chi connectivity index (χ1) is 8.13. The van der Waals surface area contributed by atoms with Crippen LogP contribution in [0.5, 0.6) is 0 Å². The Labute approximate surface area is 115 Å². The van der Waals surface area contributed by atoms with Crippen molar-refractivity contribution in [2.24, 2.45) is 0 Å². The summed E-state index contributed by atoms with van der Waals surface area (Å²) in [6.07, 6.45) is 0. The zero-order valence-electron chi connectivity index (χ0n) is 8.73. The van der Waals surface area contributed by atoms with Gasteiger partial charge in [0.15, 0.2) is 0 Å². The average molecular weight is 391 g/mol. The van der Waals surface area contributed by atoms with Crippen molar-refractivity contribution in [2.75, 3.05) is 6.54 Å². The van der Waals surface area contributed by atoms with Crippen molar-refractivity contribution in [2.45, 2.75) is 5.25 Å². The highest BCUT2D eigenvalue weighted by Crippen LogP contribution is 2.19. The molecule has 1 amide bonds. The molecule has 0 atom stereocenters. The molecule has 0 fully saturated rings. The van der Waals surface area contributed by atoms with E-state index in [4.69, 9.17) is 4.55 Å². The minimum atomic E-state index is -5.54. The standard InChI is InChI=1S/C9H8F2INO4S/c10-9(11,18(15,16)17)5-13-8(14)6-1-3-7(12)4-2-6/h1-4H,5H2,(H,13,14)(H,15,16,17). The monoisotopic (exact) mass is 391 g/mol. The molecule has 1 rings (SSSR count). The number of alkyl halides is 2. The molecule has 9 heteroatoms. The first-order valence-corrected chi connectivity index (χ1v) is 7.04. The molecule has 0 aromatic heterocycles. The van der Waals surface area contributed by atoms with E-state index in [2.05, 4.69) is 0 Å².